The van der Waals surface area contributed by atoms with Crippen LogP contribution in [0.3, 0.4) is 0 Å². The summed E-state index contributed by atoms with van der Waals surface area (Å²) in [4.78, 5) is 0. The van der Waals surface area contributed by atoms with Crippen molar-refractivity contribution in [1.29, 1.82) is 0 Å². The van der Waals surface area contributed by atoms with E-state index < -0.39 is 28.3 Å². The second kappa shape index (κ2) is 15.6. The number of methoxy groups -OCH3 is 1. The third kappa shape index (κ3) is 8.00. The van der Waals surface area contributed by atoms with Crippen LogP contribution in [0.5, 0.6) is 5.75 Å². The Morgan fingerprint density at radius 3 is 1.90 bits per heavy atom. The molecule has 1 aromatic carbocycles. The number of ether oxygens (including phenoxy) is 3. The first-order valence-corrected chi connectivity index (χ1v) is 20.9. The Labute approximate surface area is 247 Å². The Kier molecular flexibility index (Phi) is 13.9. The predicted octanol–water partition coefficient (Wildman–Crippen LogP) is 7.80. The average Bonchev–Trinajstić information content (AvgIpc) is 2.98. The Morgan fingerprint density at radius 2 is 1.43 bits per heavy atom. The van der Waals surface area contributed by atoms with E-state index in [1.165, 1.54) is 0 Å². The molecule has 0 unspecified atom stereocenters. The van der Waals surface area contributed by atoms with Crippen molar-refractivity contribution in [2.45, 2.75) is 142 Å². The highest BCUT2D eigenvalue weighted by Gasteiger charge is 2.56. The van der Waals surface area contributed by atoms with E-state index in [1.54, 1.807) is 7.11 Å². The number of aliphatic hydroxyl groups is 1. The van der Waals surface area contributed by atoms with E-state index in [4.69, 9.17) is 23.1 Å². The van der Waals surface area contributed by atoms with Crippen molar-refractivity contribution in [2.24, 2.45) is 11.8 Å². The van der Waals surface area contributed by atoms with Crippen LogP contribution in [0.25, 0.3) is 0 Å². The van der Waals surface area contributed by atoms with Crippen LogP contribution in [-0.4, -0.2) is 65.5 Å². The van der Waals surface area contributed by atoms with Gasteiger partial charge in [0.1, 0.15) is 11.4 Å². The van der Waals surface area contributed by atoms with E-state index in [1.807, 2.05) is 24.3 Å². The lowest BCUT2D eigenvalue weighted by Gasteiger charge is -2.55. The molecule has 1 aromatic rings. The van der Waals surface area contributed by atoms with Crippen molar-refractivity contribution >= 4 is 16.6 Å². The second-order valence-corrected chi connectivity index (χ2v) is 21.7. The molecule has 1 aliphatic rings. The maximum absolute atomic E-state index is 12.0. The molecular weight excluding hydrogens is 537 g/mol. The first-order valence-electron chi connectivity index (χ1n) is 15.9. The number of benzene rings is 1. The molecule has 0 radical (unpaired) electrons. The molecule has 232 valence electrons. The minimum atomic E-state index is -2.02. The van der Waals surface area contributed by atoms with E-state index in [0.29, 0.717) is 13.2 Å². The predicted molar refractivity (Wildman–Crippen MR) is 170 cm³/mol. The fraction of sp³-hybridized carbons (Fsp3) is 0.812. The Bertz CT molecular complexity index is 843. The lowest BCUT2D eigenvalue weighted by molar-refractivity contribution is -0.279. The van der Waals surface area contributed by atoms with Crippen molar-refractivity contribution in [3.8, 4) is 5.75 Å². The summed E-state index contributed by atoms with van der Waals surface area (Å²) in [5, 5.41) is 12.0. The van der Waals surface area contributed by atoms with Gasteiger partial charge in [0.25, 0.3) is 0 Å². The standard InChI is InChI=1S/C32H60O6Si2/c1-12-39(13-2,14-3)36-22-24(7)30(33)32(10)31(38-40(15-4,16-5)17-6)25(8)29(26(9)37-32)35-23-27-18-20-28(34-11)21-19-27/h18-21,24-26,29-31,33H,12-17,22-23H2,1-11H3/t24-,25+,26-,29+,30-,31-,32+/m0/s1. The minimum absolute atomic E-state index is 0.0432. The highest BCUT2D eigenvalue weighted by molar-refractivity contribution is 6.74. The number of rotatable bonds is 17. The van der Waals surface area contributed by atoms with Gasteiger partial charge in [0.2, 0.25) is 0 Å². The highest BCUT2D eigenvalue weighted by Crippen LogP contribution is 2.43. The maximum atomic E-state index is 12.0. The summed E-state index contributed by atoms with van der Waals surface area (Å²) >= 11 is 0. The molecule has 7 atom stereocenters. The van der Waals surface area contributed by atoms with E-state index in [0.717, 1.165) is 47.6 Å². The smallest absolute Gasteiger partial charge is 0.192 e. The van der Waals surface area contributed by atoms with Crippen LogP contribution in [0.15, 0.2) is 24.3 Å². The normalized spacial score (nSPS) is 27.4. The summed E-state index contributed by atoms with van der Waals surface area (Å²) in [6, 6.07) is 14.4. The molecule has 1 aliphatic heterocycles. The molecule has 0 bridgehead atoms. The zero-order valence-corrected chi connectivity index (χ0v) is 29.4. The fourth-order valence-corrected chi connectivity index (χ4v) is 12.3. The van der Waals surface area contributed by atoms with Gasteiger partial charge < -0.3 is 28.2 Å². The lowest BCUT2D eigenvalue weighted by Crippen LogP contribution is -2.68. The van der Waals surface area contributed by atoms with Gasteiger partial charge >= 0.3 is 0 Å². The van der Waals surface area contributed by atoms with Gasteiger partial charge in [-0.25, -0.2) is 0 Å². The first kappa shape index (κ1) is 35.5. The lowest BCUT2D eigenvalue weighted by atomic mass is 9.75. The van der Waals surface area contributed by atoms with E-state index >= 15 is 0 Å². The summed E-state index contributed by atoms with van der Waals surface area (Å²) in [5.41, 5.74) is 0.223. The van der Waals surface area contributed by atoms with Crippen LogP contribution < -0.4 is 4.74 Å². The van der Waals surface area contributed by atoms with E-state index in [-0.39, 0.29) is 30.1 Å². The Hall–Kier alpha value is -0.746. The van der Waals surface area contributed by atoms with Gasteiger partial charge in [0, 0.05) is 18.4 Å². The summed E-state index contributed by atoms with van der Waals surface area (Å²) < 4.78 is 32.5. The zero-order chi connectivity index (χ0) is 30.1. The van der Waals surface area contributed by atoms with E-state index in [9.17, 15) is 5.11 Å². The molecule has 1 saturated heterocycles. The number of hydrogen-bond acceptors (Lipinski definition) is 6. The monoisotopic (exact) mass is 596 g/mol. The molecule has 0 saturated carbocycles. The largest absolute Gasteiger partial charge is 0.497 e. The van der Waals surface area contributed by atoms with Crippen LogP contribution in [0.2, 0.25) is 36.3 Å². The van der Waals surface area contributed by atoms with Crippen molar-refractivity contribution in [1.82, 2.24) is 0 Å². The van der Waals surface area contributed by atoms with Crippen molar-refractivity contribution in [3.63, 3.8) is 0 Å². The molecule has 40 heavy (non-hydrogen) atoms. The van der Waals surface area contributed by atoms with Crippen LogP contribution in [-0.2, 0) is 24.9 Å². The van der Waals surface area contributed by atoms with Gasteiger partial charge in [-0.2, -0.15) is 0 Å². The number of hydrogen-bond donors (Lipinski definition) is 1. The zero-order valence-electron chi connectivity index (χ0n) is 27.4. The fourth-order valence-electron chi connectivity index (χ4n) is 6.61. The summed E-state index contributed by atoms with van der Waals surface area (Å²) in [7, 11) is -2.10. The van der Waals surface area contributed by atoms with Crippen molar-refractivity contribution in [2.75, 3.05) is 13.7 Å². The van der Waals surface area contributed by atoms with Gasteiger partial charge in [-0.1, -0.05) is 67.5 Å². The molecule has 6 nitrogen and oxygen atoms in total. The minimum Gasteiger partial charge on any atom is -0.497 e. The molecule has 1 heterocycles. The van der Waals surface area contributed by atoms with Gasteiger partial charge in [0.05, 0.1) is 38.1 Å². The third-order valence-corrected chi connectivity index (χ3v) is 19.4. The second-order valence-electron chi connectivity index (χ2n) is 12.2. The summed E-state index contributed by atoms with van der Waals surface area (Å²) in [5.74, 6) is 0.797. The quantitative estimate of drug-likeness (QED) is 0.185. The highest BCUT2D eigenvalue weighted by atomic mass is 28.4. The third-order valence-electron chi connectivity index (χ3n) is 10.1. The summed E-state index contributed by atoms with van der Waals surface area (Å²) in [6.07, 6.45) is -1.35. The summed E-state index contributed by atoms with van der Waals surface area (Å²) in [6.45, 7) is 23.0. The molecular formula is C32H60O6Si2. The first-order chi connectivity index (χ1) is 18.9. The van der Waals surface area contributed by atoms with Crippen LogP contribution >= 0.6 is 0 Å². The van der Waals surface area contributed by atoms with Gasteiger partial charge in [0.15, 0.2) is 16.6 Å². The van der Waals surface area contributed by atoms with E-state index in [2.05, 4.69) is 69.2 Å². The molecule has 0 spiro atoms. The number of aliphatic hydroxyl groups excluding tert-OH is 1. The average molecular weight is 597 g/mol. The van der Waals surface area contributed by atoms with Crippen molar-refractivity contribution < 1.29 is 28.2 Å². The Morgan fingerprint density at radius 1 is 0.900 bits per heavy atom. The Balaban J connectivity index is 2.34. The van der Waals surface area contributed by atoms with Gasteiger partial charge in [-0.15, -0.1) is 0 Å². The van der Waals surface area contributed by atoms with Crippen LogP contribution in [0.4, 0.5) is 0 Å². The molecule has 0 aliphatic carbocycles. The molecule has 1 N–H and O–H groups in total. The molecule has 0 aromatic heterocycles. The molecule has 0 amide bonds. The van der Waals surface area contributed by atoms with Crippen molar-refractivity contribution in [3.05, 3.63) is 29.8 Å². The molecule has 2 rings (SSSR count). The van der Waals surface area contributed by atoms with Gasteiger partial charge in [-0.3, -0.25) is 0 Å². The SMILES string of the molecule is CC[Si](CC)(CC)OC[C@H](C)[C@H](O)[C@@]1(C)O[C@@H](C)[C@H](OCc2ccc(OC)cc2)[C@@H](C)[C@@H]1O[Si](CC)(CC)CC. The molecule has 8 heteroatoms. The molecule has 1 fully saturated rings. The van der Waals surface area contributed by atoms with Gasteiger partial charge in [-0.05, 0) is 67.8 Å². The topological polar surface area (TPSA) is 66.4 Å². The van der Waals surface area contributed by atoms with Crippen LogP contribution in [0, 0.1) is 11.8 Å². The van der Waals surface area contributed by atoms with Crippen LogP contribution in [0.1, 0.15) is 74.8 Å². The maximum Gasteiger partial charge on any atom is 0.192 e.